The molecule has 1 heterocycles. The number of sulfone groups is 1. The lowest BCUT2D eigenvalue weighted by molar-refractivity contribution is -0.171. The van der Waals surface area contributed by atoms with Crippen molar-refractivity contribution >= 4 is 15.7 Å². The molecule has 0 aromatic carbocycles. The smallest absolute Gasteiger partial charge is 0.241 e. The van der Waals surface area contributed by atoms with E-state index in [-0.39, 0.29) is 23.5 Å². The lowest BCUT2D eigenvalue weighted by Gasteiger charge is -2.57. The third kappa shape index (κ3) is 2.77. The Balaban J connectivity index is 2.07. The molecular formula is C14H26N2O5S. The third-order valence-electron chi connectivity index (χ3n) is 5.15. The number of nitrogens with two attached hydrogens (primary N) is 1. The van der Waals surface area contributed by atoms with Crippen LogP contribution < -0.4 is 11.1 Å². The molecule has 7 nitrogen and oxygen atoms in total. The Morgan fingerprint density at radius 2 is 2.00 bits per heavy atom. The van der Waals surface area contributed by atoms with E-state index in [1.54, 1.807) is 0 Å². The summed E-state index contributed by atoms with van der Waals surface area (Å²) in [4.78, 5) is 12.6. The molecule has 22 heavy (non-hydrogen) atoms. The lowest BCUT2D eigenvalue weighted by Crippen LogP contribution is -2.76. The maximum atomic E-state index is 12.6. The van der Waals surface area contributed by atoms with Crippen LogP contribution in [0.3, 0.4) is 0 Å². The summed E-state index contributed by atoms with van der Waals surface area (Å²) in [5, 5.41) is 2.77. The highest BCUT2D eigenvalue weighted by atomic mass is 32.2. The molecule has 1 saturated carbocycles. The van der Waals surface area contributed by atoms with Gasteiger partial charge in [0.25, 0.3) is 0 Å². The van der Waals surface area contributed by atoms with Crippen molar-refractivity contribution in [3.8, 4) is 0 Å². The summed E-state index contributed by atoms with van der Waals surface area (Å²) in [6, 6.07) is -0.551. The first kappa shape index (κ1) is 17.7. The van der Waals surface area contributed by atoms with Crippen molar-refractivity contribution in [2.75, 3.05) is 25.2 Å². The quantitative estimate of drug-likeness (QED) is 0.698. The van der Waals surface area contributed by atoms with Crippen LogP contribution in [0.2, 0.25) is 0 Å². The number of methoxy groups -OCH3 is 1. The number of carbonyl (C=O) groups is 1. The van der Waals surface area contributed by atoms with Gasteiger partial charge in [0.2, 0.25) is 5.91 Å². The zero-order valence-electron chi connectivity index (χ0n) is 13.6. The van der Waals surface area contributed by atoms with Crippen molar-refractivity contribution < 1.29 is 22.7 Å². The van der Waals surface area contributed by atoms with Crippen LogP contribution in [0, 0.1) is 5.41 Å². The molecule has 0 radical (unpaired) electrons. The van der Waals surface area contributed by atoms with Gasteiger partial charge in [-0.3, -0.25) is 4.79 Å². The van der Waals surface area contributed by atoms with Gasteiger partial charge in [-0.2, -0.15) is 0 Å². The Labute approximate surface area is 131 Å². The summed E-state index contributed by atoms with van der Waals surface area (Å²) < 4.78 is 34.2. The molecule has 1 aliphatic carbocycles. The van der Waals surface area contributed by atoms with Gasteiger partial charge in [-0.05, 0) is 6.92 Å². The van der Waals surface area contributed by atoms with Crippen molar-refractivity contribution in [3.05, 3.63) is 0 Å². The van der Waals surface area contributed by atoms with Gasteiger partial charge in [-0.25, -0.2) is 8.42 Å². The number of amides is 1. The summed E-state index contributed by atoms with van der Waals surface area (Å²) in [5.41, 5.74) is 4.73. The second kappa shape index (κ2) is 5.74. The highest BCUT2D eigenvalue weighted by Gasteiger charge is 2.63. The van der Waals surface area contributed by atoms with Crippen molar-refractivity contribution in [1.29, 1.82) is 0 Å². The van der Waals surface area contributed by atoms with Crippen LogP contribution in [0.25, 0.3) is 0 Å². The summed E-state index contributed by atoms with van der Waals surface area (Å²) in [7, 11) is -1.74. The Morgan fingerprint density at radius 3 is 2.50 bits per heavy atom. The third-order valence-corrected chi connectivity index (χ3v) is 6.86. The second-order valence-corrected chi connectivity index (χ2v) is 8.93. The molecule has 2 aliphatic rings. The molecule has 0 aromatic rings. The molecule has 0 bridgehead atoms. The van der Waals surface area contributed by atoms with E-state index in [4.69, 9.17) is 15.2 Å². The Bertz CT molecular complexity index is 547. The van der Waals surface area contributed by atoms with Crippen molar-refractivity contribution in [3.63, 3.8) is 0 Å². The van der Waals surface area contributed by atoms with Crippen LogP contribution in [0.1, 0.15) is 27.2 Å². The molecule has 2 rings (SSSR count). The first-order valence-corrected chi connectivity index (χ1v) is 9.34. The minimum Gasteiger partial charge on any atom is -0.378 e. The number of nitrogens with one attached hydrogen (secondary N) is 1. The minimum atomic E-state index is -3.19. The fraction of sp³-hybridized carbons (Fsp3) is 0.929. The molecule has 1 saturated heterocycles. The van der Waals surface area contributed by atoms with Crippen LogP contribution >= 0.6 is 0 Å². The predicted octanol–water partition coefficient (Wildman–Crippen LogP) is -0.553. The second-order valence-electron chi connectivity index (χ2n) is 6.77. The Morgan fingerprint density at radius 1 is 1.36 bits per heavy atom. The SMILES string of the molecule is CCOC1CC(N)(C(=O)NC2CS(=O)(=O)CC2OC)C1(C)C. The molecule has 3 N–H and O–H groups in total. The van der Waals surface area contributed by atoms with E-state index in [0.29, 0.717) is 13.0 Å². The van der Waals surface area contributed by atoms with E-state index in [1.807, 2.05) is 20.8 Å². The van der Waals surface area contributed by atoms with Crippen LogP contribution in [0.4, 0.5) is 0 Å². The molecule has 0 aromatic heterocycles. The molecule has 1 aliphatic heterocycles. The van der Waals surface area contributed by atoms with E-state index in [9.17, 15) is 13.2 Å². The van der Waals surface area contributed by atoms with E-state index < -0.39 is 32.9 Å². The minimum absolute atomic E-state index is 0.0706. The number of hydrogen-bond acceptors (Lipinski definition) is 6. The average Bonchev–Trinajstić information content (AvgIpc) is 2.72. The molecule has 128 valence electrons. The average molecular weight is 334 g/mol. The molecule has 8 heteroatoms. The van der Waals surface area contributed by atoms with E-state index in [0.717, 1.165) is 0 Å². The van der Waals surface area contributed by atoms with Crippen LogP contribution in [0.15, 0.2) is 0 Å². The first-order chi connectivity index (χ1) is 10.1. The van der Waals surface area contributed by atoms with E-state index >= 15 is 0 Å². The van der Waals surface area contributed by atoms with Crippen LogP contribution in [-0.4, -0.2) is 63.3 Å². The first-order valence-electron chi connectivity index (χ1n) is 7.52. The van der Waals surface area contributed by atoms with Crippen molar-refractivity contribution in [2.45, 2.75) is 51.0 Å². The van der Waals surface area contributed by atoms with E-state index in [1.165, 1.54) is 7.11 Å². The van der Waals surface area contributed by atoms with Gasteiger partial charge in [0, 0.05) is 25.6 Å². The summed E-state index contributed by atoms with van der Waals surface area (Å²) in [6.07, 6.45) is -0.168. The van der Waals surface area contributed by atoms with Gasteiger partial charge in [0.1, 0.15) is 5.54 Å². The van der Waals surface area contributed by atoms with Gasteiger partial charge in [0.05, 0.1) is 29.8 Å². The number of carbonyl (C=O) groups excluding carboxylic acids is 1. The predicted molar refractivity (Wildman–Crippen MR) is 82.1 cm³/mol. The van der Waals surface area contributed by atoms with Gasteiger partial charge < -0.3 is 20.5 Å². The van der Waals surface area contributed by atoms with Crippen molar-refractivity contribution in [2.24, 2.45) is 11.1 Å². The molecule has 2 fully saturated rings. The molecule has 4 atom stereocenters. The Kier molecular flexibility index (Phi) is 4.60. The zero-order chi connectivity index (χ0) is 16.8. The monoisotopic (exact) mass is 334 g/mol. The highest BCUT2D eigenvalue weighted by molar-refractivity contribution is 7.91. The molecule has 1 amide bonds. The largest absolute Gasteiger partial charge is 0.378 e. The maximum Gasteiger partial charge on any atom is 0.241 e. The fourth-order valence-electron chi connectivity index (χ4n) is 3.30. The number of hydrogen-bond donors (Lipinski definition) is 2. The topological polar surface area (TPSA) is 108 Å². The number of ether oxygens (including phenoxy) is 2. The molecule has 4 unspecified atom stereocenters. The fourth-order valence-corrected chi connectivity index (χ4v) is 5.15. The van der Waals surface area contributed by atoms with Gasteiger partial charge in [-0.15, -0.1) is 0 Å². The van der Waals surface area contributed by atoms with Gasteiger partial charge in [0.15, 0.2) is 9.84 Å². The Hall–Kier alpha value is -0.700. The summed E-state index contributed by atoms with van der Waals surface area (Å²) in [6.45, 7) is 6.27. The zero-order valence-corrected chi connectivity index (χ0v) is 14.4. The van der Waals surface area contributed by atoms with Crippen molar-refractivity contribution in [1.82, 2.24) is 5.32 Å². The summed E-state index contributed by atoms with van der Waals surface area (Å²) in [5.74, 6) is -0.516. The lowest BCUT2D eigenvalue weighted by atomic mass is 9.54. The van der Waals surface area contributed by atoms with E-state index in [2.05, 4.69) is 5.32 Å². The van der Waals surface area contributed by atoms with Gasteiger partial charge >= 0.3 is 0 Å². The summed E-state index contributed by atoms with van der Waals surface area (Å²) >= 11 is 0. The number of rotatable bonds is 5. The molecular weight excluding hydrogens is 308 g/mol. The van der Waals surface area contributed by atoms with Crippen LogP contribution in [-0.2, 0) is 24.1 Å². The standard InChI is InChI=1S/C14H26N2O5S/c1-5-21-11-6-14(15,13(11,2)3)12(17)16-9-7-22(18,19)8-10(9)20-4/h9-11H,5-8,15H2,1-4H3,(H,16,17). The van der Waals surface area contributed by atoms with Gasteiger partial charge in [-0.1, -0.05) is 13.8 Å². The highest BCUT2D eigenvalue weighted by Crippen LogP contribution is 2.49. The van der Waals surface area contributed by atoms with Crippen LogP contribution in [0.5, 0.6) is 0 Å². The normalized spacial score (nSPS) is 39.2. The maximum absolute atomic E-state index is 12.6. The molecule has 0 spiro atoms.